The average Bonchev–Trinajstić information content (AvgIpc) is 2.23. The highest BCUT2D eigenvalue weighted by Crippen LogP contribution is 2.24. The van der Waals surface area contributed by atoms with Crippen molar-refractivity contribution in [1.29, 1.82) is 0 Å². The summed E-state index contributed by atoms with van der Waals surface area (Å²) in [4.78, 5) is 12.0. The van der Waals surface area contributed by atoms with E-state index >= 15 is 0 Å². The molecule has 0 unspecified atom stereocenters. The second-order valence-electron chi connectivity index (χ2n) is 3.57. The maximum absolute atomic E-state index is 12.0. The Morgan fingerprint density at radius 3 is 2.80 bits per heavy atom. The molecule has 1 heterocycles. The summed E-state index contributed by atoms with van der Waals surface area (Å²) in [7, 11) is 0. The Balaban J connectivity index is 3.00. The standard InChI is InChI=1S/C12H12BrNO/c1-3-14-7-8(2)11-9(12(14)15)5-4-6-10(11)13/h4-7H,3H2,1-2H3. The number of nitrogens with zero attached hydrogens (tertiary/aromatic N) is 1. The maximum Gasteiger partial charge on any atom is 0.258 e. The SMILES string of the molecule is CCn1cc(C)c2c(Br)cccc2c1=O. The molecule has 0 aliphatic rings. The Labute approximate surface area is 96.7 Å². The van der Waals surface area contributed by atoms with E-state index in [0.717, 1.165) is 20.8 Å². The summed E-state index contributed by atoms with van der Waals surface area (Å²) in [5.41, 5.74) is 1.21. The summed E-state index contributed by atoms with van der Waals surface area (Å²) in [6, 6.07) is 5.74. The summed E-state index contributed by atoms with van der Waals surface area (Å²) in [6.45, 7) is 4.71. The number of rotatable bonds is 1. The molecule has 2 rings (SSSR count). The minimum absolute atomic E-state index is 0.0828. The monoisotopic (exact) mass is 265 g/mol. The number of hydrogen-bond donors (Lipinski definition) is 0. The summed E-state index contributed by atoms with van der Waals surface area (Å²) < 4.78 is 2.72. The zero-order valence-electron chi connectivity index (χ0n) is 8.75. The van der Waals surface area contributed by atoms with Crippen molar-refractivity contribution in [1.82, 2.24) is 4.57 Å². The molecular formula is C12H12BrNO. The highest BCUT2D eigenvalue weighted by Gasteiger charge is 2.07. The molecule has 0 radical (unpaired) electrons. The fourth-order valence-electron chi connectivity index (χ4n) is 1.85. The molecule has 0 atom stereocenters. The molecule has 1 aromatic carbocycles. The number of hydrogen-bond acceptors (Lipinski definition) is 1. The third kappa shape index (κ3) is 1.61. The van der Waals surface area contributed by atoms with Crippen LogP contribution in [0.1, 0.15) is 12.5 Å². The first kappa shape index (κ1) is 10.4. The predicted molar refractivity (Wildman–Crippen MR) is 66.3 cm³/mol. The van der Waals surface area contributed by atoms with E-state index in [2.05, 4.69) is 15.9 Å². The molecule has 0 saturated carbocycles. The lowest BCUT2D eigenvalue weighted by Gasteiger charge is -2.08. The van der Waals surface area contributed by atoms with E-state index in [4.69, 9.17) is 0 Å². The van der Waals surface area contributed by atoms with Gasteiger partial charge in [0.2, 0.25) is 0 Å². The van der Waals surface area contributed by atoms with Gasteiger partial charge in [-0.1, -0.05) is 22.0 Å². The minimum Gasteiger partial charge on any atom is -0.315 e. The molecule has 2 aromatic rings. The van der Waals surface area contributed by atoms with Gasteiger partial charge in [0.25, 0.3) is 5.56 Å². The van der Waals surface area contributed by atoms with Crippen LogP contribution in [0.25, 0.3) is 10.8 Å². The number of fused-ring (bicyclic) bond motifs is 1. The molecule has 0 fully saturated rings. The van der Waals surface area contributed by atoms with Crippen molar-refractivity contribution in [3.05, 3.63) is 44.8 Å². The Kier molecular flexibility index (Phi) is 2.65. The van der Waals surface area contributed by atoms with E-state index in [1.165, 1.54) is 0 Å². The Bertz CT molecular complexity index is 572. The quantitative estimate of drug-likeness (QED) is 0.777. The maximum atomic E-state index is 12.0. The highest BCUT2D eigenvalue weighted by atomic mass is 79.9. The average molecular weight is 266 g/mol. The van der Waals surface area contributed by atoms with E-state index in [1.54, 1.807) is 4.57 Å². The van der Waals surface area contributed by atoms with Gasteiger partial charge in [-0.05, 0) is 31.5 Å². The van der Waals surface area contributed by atoms with Gasteiger partial charge in [0, 0.05) is 28.0 Å². The van der Waals surface area contributed by atoms with Crippen LogP contribution in [0.15, 0.2) is 33.7 Å². The Morgan fingerprint density at radius 1 is 1.40 bits per heavy atom. The van der Waals surface area contributed by atoms with Crippen molar-refractivity contribution >= 4 is 26.7 Å². The Hall–Kier alpha value is -1.09. The van der Waals surface area contributed by atoms with Crippen LogP contribution in [-0.2, 0) is 6.54 Å². The zero-order valence-corrected chi connectivity index (χ0v) is 10.3. The van der Waals surface area contributed by atoms with Gasteiger partial charge in [-0.25, -0.2) is 0 Å². The van der Waals surface area contributed by atoms with Gasteiger partial charge in [0.1, 0.15) is 0 Å². The molecule has 0 saturated heterocycles. The molecular weight excluding hydrogens is 254 g/mol. The third-order valence-electron chi connectivity index (χ3n) is 2.59. The van der Waals surface area contributed by atoms with E-state index in [0.29, 0.717) is 6.54 Å². The number of aryl methyl sites for hydroxylation is 2. The van der Waals surface area contributed by atoms with E-state index < -0.39 is 0 Å². The van der Waals surface area contributed by atoms with Gasteiger partial charge in [-0.2, -0.15) is 0 Å². The largest absolute Gasteiger partial charge is 0.315 e. The lowest BCUT2D eigenvalue weighted by atomic mass is 10.1. The lowest BCUT2D eigenvalue weighted by Crippen LogP contribution is -2.19. The molecule has 15 heavy (non-hydrogen) atoms. The van der Waals surface area contributed by atoms with Crippen LogP contribution in [0.3, 0.4) is 0 Å². The van der Waals surface area contributed by atoms with Crippen molar-refractivity contribution in [3.8, 4) is 0 Å². The zero-order chi connectivity index (χ0) is 11.0. The molecule has 3 heteroatoms. The third-order valence-corrected chi connectivity index (χ3v) is 3.25. The molecule has 0 amide bonds. The van der Waals surface area contributed by atoms with Crippen molar-refractivity contribution in [3.63, 3.8) is 0 Å². The molecule has 1 aromatic heterocycles. The van der Waals surface area contributed by atoms with Crippen LogP contribution >= 0.6 is 15.9 Å². The van der Waals surface area contributed by atoms with E-state index in [9.17, 15) is 4.79 Å². The van der Waals surface area contributed by atoms with Crippen LogP contribution < -0.4 is 5.56 Å². The van der Waals surface area contributed by atoms with E-state index in [1.807, 2.05) is 38.2 Å². The highest BCUT2D eigenvalue weighted by molar-refractivity contribution is 9.10. The lowest BCUT2D eigenvalue weighted by molar-refractivity contribution is 0.731. The first-order valence-corrected chi connectivity index (χ1v) is 5.72. The summed E-state index contributed by atoms with van der Waals surface area (Å²) in [5, 5.41) is 1.80. The molecule has 2 nitrogen and oxygen atoms in total. The van der Waals surface area contributed by atoms with Crippen molar-refractivity contribution in [2.45, 2.75) is 20.4 Å². The van der Waals surface area contributed by atoms with Gasteiger partial charge in [-0.3, -0.25) is 4.79 Å². The molecule has 0 N–H and O–H groups in total. The fourth-order valence-corrected chi connectivity index (χ4v) is 2.53. The van der Waals surface area contributed by atoms with Gasteiger partial charge in [0.05, 0.1) is 0 Å². The first-order valence-electron chi connectivity index (χ1n) is 4.93. The molecule has 0 bridgehead atoms. The van der Waals surface area contributed by atoms with Gasteiger partial charge in [0.15, 0.2) is 0 Å². The van der Waals surface area contributed by atoms with Crippen molar-refractivity contribution in [2.75, 3.05) is 0 Å². The summed E-state index contributed by atoms with van der Waals surface area (Å²) in [5.74, 6) is 0. The van der Waals surface area contributed by atoms with Gasteiger partial charge in [-0.15, -0.1) is 0 Å². The number of pyridine rings is 1. The molecule has 78 valence electrons. The van der Waals surface area contributed by atoms with Gasteiger partial charge < -0.3 is 4.57 Å². The second-order valence-corrected chi connectivity index (χ2v) is 4.42. The Morgan fingerprint density at radius 2 is 2.13 bits per heavy atom. The topological polar surface area (TPSA) is 22.0 Å². The minimum atomic E-state index is 0.0828. The predicted octanol–water partition coefficient (Wildman–Crippen LogP) is 3.09. The van der Waals surface area contributed by atoms with E-state index in [-0.39, 0.29) is 5.56 Å². The van der Waals surface area contributed by atoms with Crippen LogP contribution in [0, 0.1) is 6.92 Å². The van der Waals surface area contributed by atoms with Crippen LogP contribution in [0.5, 0.6) is 0 Å². The van der Waals surface area contributed by atoms with Gasteiger partial charge >= 0.3 is 0 Å². The number of halogens is 1. The molecule has 0 spiro atoms. The van der Waals surface area contributed by atoms with Crippen LogP contribution in [0.4, 0.5) is 0 Å². The smallest absolute Gasteiger partial charge is 0.258 e. The van der Waals surface area contributed by atoms with Crippen molar-refractivity contribution < 1.29 is 0 Å². The second kappa shape index (κ2) is 3.81. The number of aromatic nitrogens is 1. The van der Waals surface area contributed by atoms with Crippen molar-refractivity contribution in [2.24, 2.45) is 0 Å². The van der Waals surface area contributed by atoms with Crippen LogP contribution in [-0.4, -0.2) is 4.57 Å². The molecule has 0 aliphatic heterocycles. The number of benzene rings is 1. The van der Waals surface area contributed by atoms with Crippen LogP contribution in [0.2, 0.25) is 0 Å². The molecule has 0 aliphatic carbocycles. The fraction of sp³-hybridized carbons (Fsp3) is 0.250. The normalized spacial score (nSPS) is 10.9. The summed E-state index contributed by atoms with van der Waals surface area (Å²) in [6.07, 6.45) is 1.91. The summed E-state index contributed by atoms with van der Waals surface area (Å²) >= 11 is 3.48. The first-order chi connectivity index (χ1) is 7.15.